The van der Waals surface area contributed by atoms with E-state index < -0.39 is 0 Å². The first-order valence-corrected chi connectivity index (χ1v) is 5.78. The second-order valence-electron chi connectivity index (χ2n) is 4.34. The molecule has 1 atom stereocenters. The lowest BCUT2D eigenvalue weighted by Crippen LogP contribution is -2.39. The van der Waals surface area contributed by atoms with Crippen LogP contribution in [-0.2, 0) is 0 Å². The van der Waals surface area contributed by atoms with Gasteiger partial charge in [0, 0.05) is 12.0 Å². The summed E-state index contributed by atoms with van der Waals surface area (Å²) in [6, 6.07) is 0.705. The summed E-state index contributed by atoms with van der Waals surface area (Å²) in [5, 5.41) is 14.3. The van der Waals surface area contributed by atoms with Gasteiger partial charge in [-0.2, -0.15) is 5.21 Å². The quantitative estimate of drug-likeness (QED) is 0.812. The van der Waals surface area contributed by atoms with Gasteiger partial charge in [-0.25, -0.2) is 0 Å². The molecule has 1 saturated heterocycles. The molecule has 0 aliphatic carbocycles. The molecule has 1 aromatic rings. The van der Waals surface area contributed by atoms with Crippen LogP contribution in [0.15, 0.2) is 0 Å². The molecule has 1 N–H and O–H groups in total. The van der Waals surface area contributed by atoms with Crippen molar-refractivity contribution in [3.63, 3.8) is 0 Å². The van der Waals surface area contributed by atoms with E-state index in [2.05, 4.69) is 39.4 Å². The summed E-state index contributed by atoms with van der Waals surface area (Å²) in [7, 11) is 0. The number of hydrogen-bond acceptors (Lipinski definition) is 4. The predicted molar refractivity (Wildman–Crippen MR) is 57.5 cm³/mol. The van der Waals surface area contributed by atoms with Crippen LogP contribution in [0.1, 0.15) is 44.9 Å². The summed E-state index contributed by atoms with van der Waals surface area (Å²) < 4.78 is 0. The third-order valence-electron chi connectivity index (χ3n) is 3.47. The number of rotatable bonds is 3. The van der Waals surface area contributed by atoms with Crippen molar-refractivity contribution in [2.24, 2.45) is 0 Å². The standard InChI is InChI=1S/C10H19N5/c1-3-8(2)15-6-4-9(5-7-15)10-11-13-14-12-10/h8-9H,3-7H2,1-2H3,(H,11,12,13,14). The summed E-state index contributed by atoms with van der Waals surface area (Å²) >= 11 is 0. The Labute approximate surface area is 90.2 Å². The van der Waals surface area contributed by atoms with Gasteiger partial charge >= 0.3 is 0 Å². The average Bonchev–Trinajstić information content (AvgIpc) is 2.82. The smallest absolute Gasteiger partial charge is 0.177 e. The highest BCUT2D eigenvalue weighted by molar-refractivity contribution is 4.94. The third-order valence-corrected chi connectivity index (χ3v) is 3.47. The van der Waals surface area contributed by atoms with E-state index in [-0.39, 0.29) is 0 Å². The first-order chi connectivity index (χ1) is 7.31. The number of hydrogen-bond donors (Lipinski definition) is 1. The number of nitrogens with zero attached hydrogens (tertiary/aromatic N) is 4. The van der Waals surface area contributed by atoms with E-state index in [1.807, 2.05) is 0 Å². The number of nitrogens with one attached hydrogen (secondary N) is 1. The summed E-state index contributed by atoms with van der Waals surface area (Å²) in [6.07, 6.45) is 3.54. The molecule has 0 spiro atoms. The summed E-state index contributed by atoms with van der Waals surface area (Å²) in [6.45, 7) is 6.87. The van der Waals surface area contributed by atoms with Crippen LogP contribution in [0.5, 0.6) is 0 Å². The molecule has 0 aromatic carbocycles. The minimum absolute atomic E-state index is 0.504. The van der Waals surface area contributed by atoms with Gasteiger partial charge in [-0.05, 0) is 39.3 Å². The molecule has 2 heterocycles. The molecular formula is C10H19N5. The monoisotopic (exact) mass is 209 g/mol. The van der Waals surface area contributed by atoms with Crippen LogP contribution in [0.4, 0.5) is 0 Å². The highest BCUT2D eigenvalue weighted by Crippen LogP contribution is 2.26. The van der Waals surface area contributed by atoms with Gasteiger partial charge < -0.3 is 4.90 Å². The number of likely N-dealkylation sites (tertiary alicyclic amines) is 1. The molecule has 0 amide bonds. The number of aromatic amines is 1. The topological polar surface area (TPSA) is 57.7 Å². The fraction of sp³-hybridized carbons (Fsp3) is 0.900. The first kappa shape index (κ1) is 10.5. The van der Waals surface area contributed by atoms with E-state index in [4.69, 9.17) is 0 Å². The van der Waals surface area contributed by atoms with Gasteiger partial charge in [0.2, 0.25) is 0 Å². The average molecular weight is 209 g/mol. The van der Waals surface area contributed by atoms with Crippen LogP contribution >= 0.6 is 0 Å². The van der Waals surface area contributed by atoms with Crippen molar-refractivity contribution in [1.82, 2.24) is 25.5 Å². The van der Waals surface area contributed by atoms with E-state index in [9.17, 15) is 0 Å². The van der Waals surface area contributed by atoms with Crippen LogP contribution in [0.3, 0.4) is 0 Å². The molecule has 1 fully saturated rings. The number of tetrazole rings is 1. The van der Waals surface area contributed by atoms with Crippen molar-refractivity contribution in [2.75, 3.05) is 13.1 Å². The van der Waals surface area contributed by atoms with Crippen molar-refractivity contribution in [1.29, 1.82) is 0 Å². The SMILES string of the molecule is CCC(C)N1CCC(c2nn[nH]n2)CC1. The summed E-state index contributed by atoms with van der Waals surface area (Å²) in [5.74, 6) is 1.39. The number of aromatic nitrogens is 4. The van der Waals surface area contributed by atoms with E-state index in [1.54, 1.807) is 0 Å². The predicted octanol–water partition coefficient (Wildman–Crippen LogP) is 1.18. The fourth-order valence-corrected chi connectivity index (χ4v) is 2.20. The van der Waals surface area contributed by atoms with Crippen molar-refractivity contribution in [2.45, 2.75) is 45.1 Å². The molecule has 1 aliphatic heterocycles. The third kappa shape index (κ3) is 2.34. The maximum atomic E-state index is 4.06. The van der Waals surface area contributed by atoms with Crippen LogP contribution in [0.25, 0.3) is 0 Å². The van der Waals surface area contributed by atoms with Crippen LogP contribution in [-0.4, -0.2) is 44.7 Å². The van der Waals surface area contributed by atoms with Crippen molar-refractivity contribution in [3.8, 4) is 0 Å². The summed E-state index contributed by atoms with van der Waals surface area (Å²) in [5.41, 5.74) is 0. The second-order valence-corrected chi connectivity index (χ2v) is 4.34. The zero-order valence-corrected chi connectivity index (χ0v) is 9.48. The Bertz CT molecular complexity index is 276. The Morgan fingerprint density at radius 1 is 1.47 bits per heavy atom. The first-order valence-electron chi connectivity index (χ1n) is 5.78. The van der Waals surface area contributed by atoms with Crippen LogP contribution in [0.2, 0.25) is 0 Å². The molecule has 84 valence electrons. The largest absolute Gasteiger partial charge is 0.301 e. The summed E-state index contributed by atoms with van der Waals surface area (Å²) in [4.78, 5) is 2.55. The maximum absolute atomic E-state index is 4.06. The minimum atomic E-state index is 0.504. The molecule has 1 aliphatic rings. The minimum Gasteiger partial charge on any atom is -0.301 e. The van der Waals surface area contributed by atoms with Gasteiger partial charge in [0.1, 0.15) is 0 Å². The van der Waals surface area contributed by atoms with Gasteiger partial charge in [-0.3, -0.25) is 0 Å². The molecule has 1 unspecified atom stereocenters. The molecule has 5 nitrogen and oxygen atoms in total. The molecule has 0 radical (unpaired) electrons. The highest BCUT2D eigenvalue weighted by Gasteiger charge is 2.25. The van der Waals surface area contributed by atoms with E-state index in [1.165, 1.54) is 6.42 Å². The van der Waals surface area contributed by atoms with Crippen molar-refractivity contribution in [3.05, 3.63) is 5.82 Å². The molecule has 2 rings (SSSR count). The van der Waals surface area contributed by atoms with Gasteiger partial charge in [0.15, 0.2) is 5.82 Å². The Morgan fingerprint density at radius 2 is 2.20 bits per heavy atom. The Hall–Kier alpha value is -0.970. The normalized spacial score (nSPS) is 21.7. The molecule has 5 heteroatoms. The highest BCUT2D eigenvalue weighted by atomic mass is 15.5. The lowest BCUT2D eigenvalue weighted by atomic mass is 9.95. The Balaban J connectivity index is 1.87. The van der Waals surface area contributed by atoms with Gasteiger partial charge in [-0.1, -0.05) is 12.1 Å². The molecule has 0 bridgehead atoms. The van der Waals surface area contributed by atoms with E-state index >= 15 is 0 Å². The zero-order chi connectivity index (χ0) is 10.7. The van der Waals surface area contributed by atoms with Crippen LogP contribution < -0.4 is 0 Å². The van der Waals surface area contributed by atoms with Crippen molar-refractivity contribution < 1.29 is 0 Å². The Kier molecular flexibility index (Phi) is 3.30. The fourth-order valence-electron chi connectivity index (χ4n) is 2.20. The molecule has 0 saturated carbocycles. The molecule has 1 aromatic heterocycles. The lowest BCUT2D eigenvalue weighted by molar-refractivity contribution is 0.156. The lowest BCUT2D eigenvalue weighted by Gasteiger charge is -2.34. The maximum Gasteiger partial charge on any atom is 0.177 e. The number of piperidine rings is 1. The van der Waals surface area contributed by atoms with Crippen LogP contribution in [0, 0.1) is 0 Å². The van der Waals surface area contributed by atoms with Gasteiger partial charge in [0.25, 0.3) is 0 Å². The molecule has 15 heavy (non-hydrogen) atoms. The number of H-pyrrole nitrogens is 1. The second kappa shape index (κ2) is 4.70. The van der Waals surface area contributed by atoms with E-state index in [0.717, 1.165) is 31.8 Å². The molecular weight excluding hydrogens is 190 g/mol. The van der Waals surface area contributed by atoms with Gasteiger partial charge in [-0.15, -0.1) is 10.2 Å². The van der Waals surface area contributed by atoms with Gasteiger partial charge in [0.05, 0.1) is 0 Å². The Morgan fingerprint density at radius 3 is 2.73 bits per heavy atom. The van der Waals surface area contributed by atoms with E-state index in [0.29, 0.717) is 12.0 Å². The zero-order valence-electron chi connectivity index (χ0n) is 9.48. The van der Waals surface area contributed by atoms with Crippen molar-refractivity contribution >= 4 is 0 Å².